The number of hydrogen-bond acceptors (Lipinski definition) is 3. The molecule has 0 spiro atoms. The molecule has 0 saturated heterocycles. The summed E-state index contributed by atoms with van der Waals surface area (Å²) in [6.07, 6.45) is 1.97. The summed E-state index contributed by atoms with van der Waals surface area (Å²) in [5.41, 5.74) is 0. The minimum Gasteiger partial charge on any atom is -0.481 e. The number of likely N-dealkylation sites (N-methyl/N-ethyl adjacent to an activating group) is 1. The highest BCUT2D eigenvalue weighted by molar-refractivity contribution is 5.83. The fraction of sp³-hybridized carbons (Fsp3) is 0.786. The molecule has 21 heavy (non-hydrogen) atoms. The average molecular weight is 301 g/mol. The molecule has 0 aliphatic rings. The molecule has 0 aromatic carbocycles. The monoisotopic (exact) mass is 301 g/mol. The van der Waals surface area contributed by atoms with Gasteiger partial charge in [-0.3, -0.25) is 9.59 Å². The Hall–Kier alpha value is -1.79. The minimum absolute atomic E-state index is 0.0501. The van der Waals surface area contributed by atoms with Crippen LogP contribution in [0.2, 0.25) is 0 Å². The molecule has 0 saturated carbocycles. The maximum absolute atomic E-state index is 12.1. The fourth-order valence-electron chi connectivity index (χ4n) is 1.76. The Morgan fingerprint density at radius 3 is 2.33 bits per heavy atom. The van der Waals surface area contributed by atoms with Gasteiger partial charge >= 0.3 is 12.0 Å². The topological polar surface area (TPSA) is 90.0 Å². The zero-order valence-corrected chi connectivity index (χ0v) is 13.4. The first-order valence-corrected chi connectivity index (χ1v) is 7.25. The molecular formula is C14H27N3O4. The molecule has 0 aromatic rings. The van der Waals surface area contributed by atoms with Crippen LogP contribution in [0.1, 0.15) is 39.5 Å². The number of carbonyl (C=O) groups is 3. The Morgan fingerprint density at radius 1 is 1.24 bits per heavy atom. The smallest absolute Gasteiger partial charge is 0.318 e. The number of amides is 3. The maximum Gasteiger partial charge on any atom is 0.318 e. The number of urea groups is 1. The summed E-state index contributed by atoms with van der Waals surface area (Å²) in [5, 5.41) is 11.4. The standard InChI is InChI=1S/C14H27N3O4/c1-5-9-17(10-12(18)16(3)4)14(21)15-11(2)7-6-8-13(19)20/h11H,5-10H2,1-4H3,(H,15,21)(H,19,20). The molecule has 0 aliphatic carbocycles. The van der Waals surface area contributed by atoms with Crippen molar-refractivity contribution in [2.24, 2.45) is 0 Å². The van der Waals surface area contributed by atoms with Crippen LogP contribution in [0.3, 0.4) is 0 Å². The molecule has 0 fully saturated rings. The first-order valence-electron chi connectivity index (χ1n) is 7.25. The predicted molar refractivity (Wildman–Crippen MR) is 80.0 cm³/mol. The molecule has 0 heterocycles. The lowest BCUT2D eigenvalue weighted by Gasteiger charge is -2.25. The van der Waals surface area contributed by atoms with E-state index in [-0.39, 0.29) is 30.9 Å². The molecule has 122 valence electrons. The van der Waals surface area contributed by atoms with E-state index >= 15 is 0 Å². The van der Waals surface area contributed by atoms with E-state index in [0.29, 0.717) is 19.4 Å². The molecule has 1 unspecified atom stereocenters. The first kappa shape index (κ1) is 19.2. The van der Waals surface area contributed by atoms with Gasteiger partial charge in [-0.15, -0.1) is 0 Å². The third kappa shape index (κ3) is 8.88. The number of carbonyl (C=O) groups excluding carboxylic acids is 2. The van der Waals surface area contributed by atoms with Gasteiger partial charge < -0.3 is 20.2 Å². The van der Waals surface area contributed by atoms with Crippen LogP contribution < -0.4 is 5.32 Å². The molecular weight excluding hydrogens is 274 g/mol. The van der Waals surface area contributed by atoms with Crippen LogP contribution in [0, 0.1) is 0 Å². The van der Waals surface area contributed by atoms with Crippen molar-refractivity contribution in [1.29, 1.82) is 0 Å². The number of aliphatic carboxylic acids is 1. The molecule has 3 amide bonds. The molecule has 7 nitrogen and oxygen atoms in total. The molecule has 0 bridgehead atoms. The SMILES string of the molecule is CCCN(CC(=O)N(C)C)C(=O)NC(C)CCCC(=O)O. The second-order valence-electron chi connectivity index (χ2n) is 5.35. The highest BCUT2D eigenvalue weighted by Crippen LogP contribution is 2.02. The van der Waals surface area contributed by atoms with Gasteiger partial charge in [0.25, 0.3) is 0 Å². The van der Waals surface area contributed by atoms with E-state index in [4.69, 9.17) is 5.11 Å². The third-order valence-corrected chi connectivity index (χ3v) is 3.00. The van der Waals surface area contributed by atoms with E-state index < -0.39 is 5.97 Å². The van der Waals surface area contributed by atoms with Gasteiger partial charge in [-0.1, -0.05) is 6.92 Å². The van der Waals surface area contributed by atoms with Crippen LogP contribution in [0.5, 0.6) is 0 Å². The Kier molecular flexibility index (Phi) is 9.16. The summed E-state index contributed by atoms with van der Waals surface area (Å²) in [7, 11) is 3.30. The van der Waals surface area contributed by atoms with Crippen molar-refractivity contribution in [2.45, 2.75) is 45.6 Å². The highest BCUT2D eigenvalue weighted by atomic mass is 16.4. The van der Waals surface area contributed by atoms with Crippen LogP contribution in [0.15, 0.2) is 0 Å². The number of carboxylic acid groups (broad SMARTS) is 1. The summed E-state index contributed by atoms with van der Waals surface area (Å²) >= 11 is 0. The van der Waals surface area contributed by atoms with Crippen molar-refractivity contribution in [3.63, 3.8) is 0 Å². The van der Waals surface area contributed by atoms with Crippen LogP contribution in [0.25, 0.3) is 0 Å². The normalized spacial score (nSPS) is 11.6. The zero-order valence-electron chi connectivity index (χ0n) is 13.4. The largest absolute Gasteiger partial charge is 0.481 e. The summed E-state index contributed by atoms with van der Waals surface area (Å²) in [6.45, 7) is 4.33. The fourth-order valence-corrected chi connectivity index (χ4v) is 1.76. The number of nitrogens with one attached hydrogen (secondary N) is 1. The molecule has 7 heteroatoms. The van der Waals surface area contributed by atoms with Crippen LogP contribution in [-0.2, 0) is 9.59 Å². The van der Waals surface area contributed by atoms with Gasteiger partial charge in [0.2, 0.25) is 5.91 Å². The summed E-state index contributed by atoms with van der Waals surface area (Å²) in [4.78, 5) is 37.2. The Bertz CT molecular complexity index is 358. The molecule has 0 rings (SSSR count). The molecule has 0 radical (unpaired) electrons. The second kappa shape index (κ2) is 10.0. The van der Waals surface area contributed by atoms with Crippen molar-refractivity contribution >= 4 is 17.9 Å². The lowest BCUT2D eigenvalue weighted by molar-refractivity contribution is -0.137. The molecule has 0 aromatic heterocycles. The van der Waals surface area contributed by atoms with E-state index in [9.17, 15) is 14.4 Å². The van der Waals surface area contributed by atoms with Crippen molar-refractivity contribution in [1.82, 2.24) is 15.1 Å². The van der Waals surface area contributed by atoms with Gasteiger partial charge in [0.05, 0.1) is 0 Å². The summed E-state index contributed by atoms with van der Waals surface area (Å²) in [6, 6.07) is -0.402. The van der Waals surface area contributed by atoms with Crippen molar-refractivity contribution < 1.29 is 19.5 Å². The van der Waals surface area contributed by atoms with Crippen molar-refractivity contribution in [2.75, 3.05) is 27.2 Å². The number of nitrogens with zero attached hydrogens (tertiary/aromatic N) is 2. The third-order valence-electron chi connectivity index (χ3n) is 3.00. The molecule has 2 N–H and O–H groups in total. The lowest BCUT2D eigenvalue weighted by atomic mass is 10.1. The van der Waals surface area contributed by atoms with Gasteiger partial charge in [0.1, 0.15) is 6.54 Å². The quantitative estimate of drug-likeness (QED) is 0.668. The minimum atomic E-state index is -0.835. The summed E-state index contributed by atoms with van der Waals surface area (Å²) < 4.78 is 0. The summed E-state index contributed by atoms with van der Waals surface area (Å²) in [5.74, 6) is -0.963. The molecule has 1 atom stereocenters. The Labute approximate surface area is 126 Å². The van der Waals surface area contributed by atoms with E-state index in [0.717, 1.165) is 6.42 Å². The van der Waals surface area contributed by atoms with Crippen LogP contribution in [-0.4, -0.2) is 66.0 Å². The number of hydrogen-bond donors (Lipinski definition) is 2. The van der Waals surface area contributed by atoms with Gasteiger partial charge in [0.15, 0.2) is 0 Å². The maximum atomic E-state index is 12.1. The van der Waals surface area contributed by atoms with Gasteiger partial charge in [-0.2, -0.15) is 0 Å². The Balaban J connectivity index is 4.33. The van der Waals surface area contributed by atoms with Crippen LogP contribution >= 0.6 is 0 Å². The number of rotatable bonds is 9. The van der Waals surface area contributed by atoms with Gasteiger partial charge in [0, 0.05) is 33.1 Å². The highest BCUT2D eigenvalue weighted by Gasteiger charge is 2.18. The lowest BCUT2D eigenvalue weighted by Crippen LogP contribution is -2.48. The van der Waals surface area contributed by atoms with E-state index in [1.165, 1.54) is 9.80 Å². The van der Waals surface area contributed by atoms with E-state index in [1.807, 2.05) is 13.8 Å². The Morgan fingerprint density at radius 2 is 1.86 bits per heavy atom. The van der Waals surface area contributed by atoms with Crippen LogP contribution in [0.4, 0.5) is 4.79 Å². The van der Waals surface area contributed by atoms with E-state index in [1.54, 1.807) is 14.1 Å². The number of carboxylic acids is 1. The first-order chi connectivity index (χ1) is 9.77. The van der Waals surface area contributed by atoms with Gasteiger partial charge in [-0.25, -0.2) is 4.79 Å². The second-order valence-corrected chi connectivity index (χ2v) is 5.35. The molecule has 0 aliphatic heterocycles. The van der Waals surface area contributed by atoms with Crippen molar-refractivity contribution in [3.8, 4) is 0 Å². The van der Waals surface area contributed by atoms with Crippen molar-refractivity contribution in [3.05, 3.63) is 0 Å². The van der Waals surface area contributed by atoms with E-state index in [2.05, 4.69) is 5.32 Å². The average Bonchev–Trinajstić information content (AvgIpc) is 2.37. The predicted octanol–water partition coefficient (Wildman–Crippen LogP) is 1.14. The zero-order chi connectivity index (χ0) is 16.4. The van der Waals surface area contributed by atoms with Gasteiger partial charge in [-0.05, 0) is 26.2 Å².